The Morgan fingerprint density at radius 1 is 0.940 bits per heavy atom. The van der Waals surface area contributed by atoms with Crippen LogP contribution in [0.1, 0.15) is 32.6 Å². The molecule has 264 valence electrons. The summed E-state index contributed by atoms with van der Waals surface area (Å²) in [4.78, 5) is 41.2. The minimum atomic E-state index is -4.58. The van der Waals surface area contributed by atoms with Crippen LogP contribution in [0.15, 0.2) is 66.9 Å². The molecule has 1 fully saturated rings. The number of benzene rings is 3. The number of amides is 1. The standard InChI is InChI=1S/C36H39F3N6O5/c1-23-6-8-25(30(46)19-24-7-9-26(28(18-24)36(37,38)39)22-44-16-14-43(3)15-17-44)20-31(23)50-35(47)45(33-12-13-41-34(40-2)42-33)29-11-10-27(48-4)21-32(29)49-5/h6-13,18,20-21H,14-17,19,22H2,1-5H3,(H,40,41,42). The molecule has 1 saturated heterocycles. The van der Waals surface area contributed by atoms with E-state index in [1.165, 1.54) is 43.5 Å². The van der Waals surface area contributed by atoms with Crippen molar-refractivity contribution >= 4 is 29.3 Å². The highest BCUT2D eigenvalue weighted by Gasteiger charge is 2.34. The van der Waals surface area contributed by atoms with E-state index in [1.807, 2.05) is 11.9 Å². The number of aromatic nitrogens is 2. The molecular weight excluding hydrogens is 653 g/mol. The average Bonchev–Trinajstić information content (AvgIpc) is 3.10. The summed E-state index contributed by atoms with van der Waals surface area (Å²) in [6.45, 7) is 4.80. The first kappa shape index (κ1) is 36.1. The first-order valence-electron chi connectivity index (χ1n) is 15.9. The number of rotatable bonds is 11. The number of aryl methyl sites for hydroxylation is 1. The van der Waals surface area contributed by atoms with Crippen molar-refractivity contribution in [1.29, 1.82) is 0 Å². The number of Topliss-reactive ketones (excluding diaryl/α,β-unsaturated/α-hetero) is 1. The number of methoxy groups -OCH3 is 2. The Bertz CT molecular complexity index is 1850. The van der Waals surface area contributed by atoms with Crippen molar-refractivity contribution in [3.63, 3.8) is 0 Å². The Morgan fingerprint density at radius 3 is 2.38 bits per heavy atom. The van der Waals surface area contributed by atoms with Gasteiger partial charge in [0.1, 0.15) is 23.1 Å². The zero-order chi connectivity index (χ0) is 36.0. The number of anilines is 3. The third kappa shape index (κ3) is 8.50. The molecule has 14 heteroatoms. The predicted octanol–water partition coefficient (Wildman–Crippen LogP) is 6.37. The molecule has 0 bridgehead atoms. The van der Waals surface area contributed by atoms with Crippen LogP contribution in [0.25, 0.3) is 0 Å². The molecule has 1 aliphatic rings. The maximum Gasteiger partial charge on any atom is 0.425 e. The summed E-state index contributed by atoms with van der Waals surface area (Å²) in [5, 5.41) is 2.84. The molecule has 0 unspecified atom stereocenters. The topological polar surface area (TPSA) is 109 Å². The molecule has 5 rings (SSSR count). The van der Waals surface area contributed by atoms with E-state index in [-0.39, 0.29) is 47.2 Å². The minimum absolute atomic E-state index is 0.0831. The molecule has 4 aromatic rings. The molecule has 0 aliphatic carbocycles. The van der Waals surface area contributed by atoms with Gasteiger partial charge in [0.25, 0.3) is 0 Å². The van der Waals surface area contributed by atoms with E-state index >= 15 is 0 Å². The van der Waals surface area contributed by atoms with Crippen molar-refractivity contribution in [3.05, 3.63) is 94.7 Å². The average molecular weight is 693 g/mol. The summed E-state index contributed by atoms with van der Waals surface area (Å²) < 4.78 is 59.2. The second-order valence-electron chi connectivity index (χ2n) is 11.9. The highest BCUT2D eigenvalue weighted by molar-refractivity contribution is 6.00. The molecule has 0 saturated carbocycles. The van der Waals surface area contributed by atoms with Crippen molar-refractivity contribution in [2.24, 2.45) is 0 Å². The molecule has 2 heterocycles. The molecule has 1 amide bonds. The fourth-order valence-corrected chi connectivity index (χ4v) is 5.57. The quantitative estimate of drug-likeness (QED) is 0.178. The summed E-state index contributed by atoms with van der Waals surface area (Å²) in [6.07, 6.45) is -4.26. The largest absolute Gasteiger partial charge is 0.497 e. The lowest BCUT2D eigenvalue weighted by atomic mass is 9.97. The molecule has 1 N–H and O–H groups in total. The number of nitrogens with zero attached hydrogens (tertiary/aromatic N) is 5. The number of likely N-dealkylation sites (N-methyl/N-ethyl adjacent to an activating group) is 1. The van der Waals surface area contributed by atoms with Gasteiger partial charge in [0.2, 0.25) is 5.95 Å². The summed E-state index contributed by atoms with van der Waals surface area (Å²) in [5.41, 5.74) is 0.655. The van der Waals surface area contributed by atoms with Crippen LogP contribution in [0, 0.1) is 6.92 Å². The van der Waals surface area contributed by atoms with Crippen LogP contribution < -0.4 is 24.4 Å². The van der Waals surface area contributed by atoms with E-state index in [1.54, 1.807) is 50.4 Å². The molecule has 0 spiro atoms. The molecule has 3 aromatic carbocycles. The molecule has 0 atom stereocenters. The van der Waals surface area contributed by atoms with Crippen LogP contribution in [-0.4, -0.2) is 86.1 Å². The van der Waals surface area contributed by atoms with Crippen molar-refractivity contribution in [2.75, 3.05) is 64.7 Å². The van der Waals surface area contributed by atoms with E-state index in [0.29, 0.717) is 35.8 Å². The third-order valence-electron chi connectivity index (χ3n) is 8.45. The van der Waals surface area contributed by atoms with Crippen molar-refractivity contribution in [1.82, 2.24) is 19.8 Å². The smallest absolute Gasteiger partial charge is 0.425 e. The monoisotopic (exact) mass is 692 g/mol. The first-order valence-corrected chi connectivity index (χ1v) is 15.9. The molecule has 1 aromatic heterocycles. The second-order valence-corrected chi connectivity index (χ2v) is 11.9. The Morgan fingerprint density at radius 2 is 1.70 bits per heavy atom. The lowest BCUT2D eigenvalue weighted by Gasteiger charge is -2.33. The van der Waals surface area contributed by atoms with E-state index in [4.69, 9.17) is 14.2 Å². The highest BCUT2D eigenvalue weighted by atomic mass is 19.4. The van der Waals surface area contributed by atoms with Crippen LogP contribution in [-0.2, 0) is 19.1 Å². The van der Waals surface area contributed by atoms with Crippen LogP contribution in [0.4, 0.5) is 35.4 Å². The molecule has 11 nitrogen and oxygen atoms in total. The van der Waals surface area contributed by atoms with Gasteiger partial charge >= 0.3 is 12.3 Å². The number of piperazine rings is 1. The van der Waals surface area contributed by atoms with Crippen LogP contribution >= 0.6 is 0 Å². The molecule has 0 radical (unpaired) electrons. The van der Waals surface area contributed by atoms with Crippen molar-refractivity contribution < 1.29 is 37.0 Å². The lowest BCUT2D eigenvalue weighted by molar-refractivity contribution is -0.138. The number of carbonyl (C=O) groups is 2. The van der Waals surface area contributed by atoms with E-state index < -0.39 is 23.6 Å². The van der Waals surface area contributed by atoms with Gasteiger partial charge in [-0.1, -0.05) is 24.3 Å². The zero-order valence-corrected chi connectivity index (χ0v) is 28.5. The van der Waals surface area contributed by atoms with Crippen LogP contribution in [0.2, 0.25) is 0 Å². The van der Waals surface area contributed by atoms with Gasteiger partial charge in [-0.25, -0.2) is 14.7 Å². The summed E-state index contributed by atoms with van der Waals surface area (Å²) in [5.74, 6) is 0.841. The lowest BCUT2D eigenvalue weighted by Crippen LogP contribution is -2.44. The van der Waals surface area contributed by atoms with Crippen LogP contribution in [0.3, 0.4) is 0 Å². The number of hydrogen-bond acceptors (Lipinski definition) is 10. The van der Waals surface area contributed by atoms with Gasteiger partial charge in [0, 0.05) is 70.1 Å². The van der Waals surface area contributed by atoms with Gasteiger partial charge in [-0.2, -0.15) is 18.2 Å². The first-order chi connectivity index (χ1) is 23.9. The van der Waals surface area contributed by atoms with E-state index in [9.17, 15) is 22.8 Å². The van der Waals surface area contributed by atoms with Gasteiger partial charge in [0.15, 0.2) is 5.78 Å². The normalized spacial score (nSPS) is 13.8. The second kappa shape index (κ2) is 15.6. The van der Waals surface area contributed by atoms with Gasteiger partial charge in [-0.15, -0.1) is 0 Å². The van der Waals surface area contributed by atoms with Gasteiger partial charge in [-0.3, -0.25) is 9.69 Å². The Kier molecular flexibility index (Phi) is 11.2. The number of ether oxygens (including phenoxy) is 3. The molecule has 1 aliphatic heterocycles. The van der Waals surface area contributed by atoms with Gasteiger partial charge in [0.05, 0.1) is 25.5 Å². The number of alkyl halides is 3. The number of ketones is 1. The number of carbonyl (C=O) groups excluding carboxylic acids is 2. The third-order valence-corrected chi connectivity index (χ3v) is 8.45. The number of nitrogens with one attached hydrogen (secondary N) is 1. The number of halogens is 3. The van der Waals surface area contributed by atoms with E-state index in [2.05, 4.69) is 20.2 Å². The van der Waals surface area contributed by atoms with Crippen LogP contribution in [0.5, 0.6) is 17.2 Å². The molecular formula is C36H39F3N6O5. The minimum Gasteiger partial charge on any atom is -0.497 e. The highest BCUT2D eigenvalue weighted by Crippen LogP contribution is 2.37. The molecule has 50 heavy (non-hydrogen) atoms. The van der Waals surface area contributed by atoms with Crippen molar-refractivity contribution in [3.8, 4) is 17.2 Å². The van der Waals surface area contributed by atoms with Gasteiger partial charge < -0.3 is 24.4 Å². The summed E-state index contributed by atoms with van der Waals surface area (Å²) >= 11 is 0. The van der Waals surface area contributed by atoms with Crippen molar-refractivity contribution in [2.45, 2.75) is 26.1 Å². The SMILES string of the molecule is CNc1nccc(N(C(=O)Oc2cc(C(=O)Cc3ccc(CN4CCN(C)CC4)c(C(F)(F)F)c3)ccc2C)c2ccc(OC)cc2OC)n1. The fraction of sp³-hybridized carbons (Fsp3) is 0.333. The Hall–Kier alpha value is -5.21. The maximum absolute atomic E-state index is 14.2. The maximum atomic E-state index is 14.2. The Balaban J connectivity index is 1.40. The summed E-state index contributed by atoms with van der Waals surface area (Å²) in [6, 6.07) is 15.0. The Labute approximate surface area is 288 Å². The summed E-state index contributed by atoms with van der Waals surface area (Å²) in [7, 11) is 6.56. The number of hydrogen-bond donors (Lipinski definition) is 1. The van der Waals surface area contributed by atoms with Gasteiger partial charge in [-0.05, 0) is 54.9 Å². The fourth-order valence-electron chi connectivity index (χ4n) is 5.57. The zero-order valence-electron chi connectivity index (χ0n) is 28.5. The predicted molar refractivity (Wildman–Crippen MR) is 183 cm³/mol. The van der Waals surface area contributed by atoms with E-state index in [0.717, 1.165) is 19.2 Å².